The normalized spacial score (nSPS) is 21.5. The molecule has 1 N–H and O–H groups in total. The highest BCUT2D eigenvalue weighted by Crippen LogP contribution is 2.49. The molecule has 2 fully saturated rings. The summed E-state index contributed by atoms with van der Waals surface area (Å²) in [6, 6.07) is 5.69. The van der Waals surface area contributed by atoms with Gasteiger partial charge in [-0.15, -0.1) is 6.58 Å². The van der Waals surface area contributed by atoms with E-state index in [9.17, 15) is 9.59 Å². The molecule has 9 heteroatoms. The molecule has 0 aromatic carbocycles. The maximum Gasteiger partial charge on any atom is 0.275 e. The lowest BCUT2D eigenvalue weighted by Gasteiger charge is -2.25. The molecule has 3 aromatic rings. The fraction of sp³-hybridized carbons (Fsp3) is 0.318. The van der Waals surface area contributed by atoms with Crippen molar-refractivity contribution in [2.45, 2.75) is 12.6 Å². The van der Waals surface area contributed by atoms with E-state index in [1.165, 1.54) is 4.57 Å². The zero-order valence-corrected chi connectivity index (χ0v) is 17.0. The van der Waals surface area contributed by atoms with E-state index >= 15 is 0 Å². The molecule has 1 amide bonds. The van der Waals surface area contributed by atoms with Crippen LogP contribution < -0.4 is 10.5 Å². The van der Waals surface area contributed by atoms with Crippen LogP contribution in [-0.4, -0.2) is 56.5 Å². The van der Waals surface area contributed by atoms with E-state index in [2.05, 4.69) is 26.4 Å². The van der Waals surface area contributed by atoms with Gasteiger partial charge >= 0.3 is 0 Å². The fourth-order valence-electron chi connectivity index (χ4n) is 4.80. The summed E-state index contributed by atoms with van der Waals surface area (Å²) in [6.45, 7) is 5.60. The van der Waals surface area contributed by atoms with Crippen LogP contribution in [0.25, 0.3) is 10.9 Å². The van der Waals surface area contributed by atoms with Gasteiger partial charge in [-0.3, -0.25) is 9.59 Å². The lowest BCUT2D eigenvalue weighted by Crippen LogP contribution is -2.37. The van der Waals surface area contributed by atoms with Crippen LogP contribution in [-0.2, 0) is 6.54 Å². The first-order valence-electron chi connectivity index (χ1n) is 10.1. The Balaban J connectivity index is 1.36. The first-order chi connectivity index (χ1) is 15.0. The van der Waals surface area contributed by atoms with Crippen molar-refractivity contribution in [2.75, 3.05) is 25.0 Å². The van der Waals surface area contributed by atoms with Crippen LogP contribution in [0.1, 0.15) is 16.2 Å². The summed E-state index contributed by atoms with van der Waals surface area (Å²) in [6.07, 6.45) is 6.55. The van der Waals surface area contributed by atoms with E-state index in [1.807, 2.05) is 13.1 Å². The first kappa shape index (κ1) is 19.1. The van der Waals surface area contributed by atoms with Crippen molar-refractivity contribution in [2.24, 2.45) is 11.8 Å². The summed E-state index contributed by atoms with van der Waals surface area (Å²) in [5.74, 6) is 1.52. The van der Waals surface area contributed by atoms with Crippen LogP contribution in [0.3, 0.4) is 0 Å². The molecule has 1 aliphatic carbocycles. The largest absolute Gasteiger partial charge is 0.357 e. The zero-order chi connectivity index (χ0) is 21.7. The van der Waals surface area contributed by atoms with Crippen molar-refractivity contribution in [1.29, 1.82) is 5.26 Å². The summed E-state index contributed by atoms with van der Waals surface area (Å²) in [4.78, 5) is 41.0. The van der Waals surface area contributed by atoms with E-state index in [4.69, 9.17) is 5.26 Å². The van der Waals surface area contributed by atoms with E-state index in [1.54, 1.807) is 41.7 Å². The molecule has 4 heterocycles. The highest BCUT2D eigenvalue weighted by Gasteiger charge is 2.59. The topological polar surface area (TPSA) is 111 Å². The molecule has 2 aliphatic rings. The van der Waals surface area contributed by atoms with Gasteiger partial charge in [0.25, 0.3) is 11.5 Å². The third-order valence-corrected chi connectivity index (χ3v) is 6.33. The quantitative estimate of drug-likeness (QED) is 0.631. The number of nitriles is 1. The lowest BCUT2D eigenvalue weighted by atomic mass is 10.1. The Bertz CT molecular complexity index is 1290. The number of H-pyrrole nitrogens is 1. The van der Waals surface area contributed by atoms with E-state index in [0.717, 1.165) is 18.9 Å². The van der Waals surface area contributed by atoms with Gasteiger partial charge in [0.15, 0.2) is 0 Å². The molecule has 156 valence electrons. The molecular weight excluding hydrogens is 394 g/mol. The second-order valence-corrected chi connectivity index (χ2v) is 8.04. The minimum atomic E-state index is -0.167. The number of anilines is 1. The lowest BCUT2D eigenvalue weighted by molar-refractivity contribution is 0.0771. The average Bonchev–Trinajstić information content (AvgIpc) is 3.15. The molecular formula is C22H21N7O2. The predicted octanol–water partition coefficient (Wildman–Crippen LogP) is 1.38. The van der Waals surface area contributed by atoms with Gasteiger partial charge in [0.1, 0.15) is 17.4 Å². The van der Waals surface area contributed by atoms with Crippen molar-refractivity contribution in [1.82, 2.24) is 24.4 Å². The Morgan fingerprint density at radius 2 is 2.19 bits per heavy atom. The molecule has 3 atom stereocenters. The second-order valence-electron chi connectivity index (χ2n) is 8.04. The highest BCUT2D eigenvalue weighted by atomic mass is 16.2. The van der Waals surface area contributed by atoms with Crippen LogP contribution >= 0.6 is 0 Å². The third-order valence-electron chi connectivity index (χ3n) is 6.33. The number of amides is 1. The molecule has 1 saturated carbocycles. The van der Waals surface area contributed by atoms with Crippen molar-refractivity contribution in [3.05, 3.63) is 65.1 Å². The number of nitrogens with zero attached hydrogens (tertiary/aromatic N) is 6. The predicted molar refractivity (Wildman–Crippen MR) is 115 cm³/mol. The number of carbonyl (C=O) groups is 1. The van der Waals surface area contributed by atoms with Crippen LogP contribution in [0.2, 0.25) is 0 Å². The van der Waals surface area contributed by atoms with Crippen molar-refractivity contribution in [3.63, 3.8) is 0 Å². The number of pyridine rings is 1. The Morgan fingerprint density at radius 3 is 2.90 bits per heavy atom. The number of aromatic nitrogens is 4. The van der Waals surface area contributed by atoms with Crippen LogP contribution in [0.15, 0.2) is 48.2 Å². The maximum absolute atomic E-state index is 13.4. The second kappa shape index (κ2) is 7.09. The minimum Gasteiger partial charge on any atom is -0.357 e. The van der Waals surface area contributed by atoms with Crippen LogP contribution in [0, 0.1) is 23.2 Å². The number of rotatable bonds is 5. The van der Waals surface area contributed by atoms with Gasteiger partial charge in [-0.2, -0.15) is 5.26 Å². The zero-order valence-electron chi connectivity index (χ0n) is 17.0. The molecule has 1 saturated heterocycles. The van der Waals surface area contributed by atoms with Gasteiger partial charge in [0.05, 0.1) is 5.56 Å². The van der Waals surface area contributed by atoms with Crippen molar-refractivity contribution in [3.8, 4) is 6.07 Å². The number of piperidine rings is 1. The molecule has 0 bridgehead atoms. The maximum atomic E-state index is 13.4. The Hall–Kier alpha value is -3.93. The third kappa shape index (κ3) is 2.99. The standard InChI is InChI=1S/C22H21N7O2/c1-3-8-28-12-16(13-4-6-25-19(13)22(28)31)21(30)27(2)20-14-10-29(11-15(14)20)18-5-7-24-17(9-23)26-18/h3-7,12,14-15,20,25H,1,8,10-11H2,2H3/t14-,15+,20?. The van der Waals surface area contributed by atoms with Gasteiger partial charge in [-0.05, 0) is 12.1 Å². The molecule has 1 aliphatic heterocycles. The van der Waals surface area contributed by atoms with E-state index < -0.39 is 0 Å². The summed E-state index contributed by atoms with van der Waals surface area (Å²) in [5.41, 5.74) is 0.774. The fourth-order valence-corrected chi connectivity index (χ4v) is 4.80. The van der Waals surface area contributed by atoms with E-state index in [-0.39, 0.29) is 23.3 Å². The summed E-state index contributed by atoms with van der Waals surface area (Å²) in [5, 5.41) is 9.65. The Morgan fingerprint density at radius 1 is 1.42 bits per heavy atom. The van der Waals surface area contributed by atoms with Crippen LogP contribution in [0.5, 0.6) is 0 Å². The monoisotopic (exact) mass is 415 g/mol. The number of hydrogen-bond donors (Lipinski definition) is 1. The molecule has 0 radical (unpaired) electrons. The molecule has 5 rings (SSSR count). The molecule has 31 heavy (non-hydrogen) atoms. The molecule has 1 unspecified atom stereocenters. The number of nitrogens with one attached hydrogen (secondary N) is 1. The smallest absolute Gasteiger partial charge is 0.275 e. The molecule has 0 spiro atoms. The minimum absolute atomic E-state index is 0.0952. The highest BCUT2D eigenvalue weighted by molar-refractivity contribution is 6.06. The Kier molecular flexibility index (Phi) is 4.36. The van der Waals surface area contributed by atoms with Crippen molar-refractivity contribution < 1.29 is 4.79 Å². The number of carbonyl (C=O) groups excluding carboxylic acids is 1. The van der Waals surface area contributed by atoms with E-state index in [0.29, 0.717) is 34.8 Å². The average molecular weight is 415 g/mol. The summed E-state index contributed by atoms with van der Waals surface area (Å²) in [7, 11) is 1.83. The summed E-state index contributed by atoms with van der Waals surface area (Å²) >= 11 is 0. The van der Waals surface area contributed by atoms with Crippen molar-refractivity contribution >= 4 is 22.6 Å². The number of aromatic amines is 1. The van der Waals surface area contributed by atoms with Crippen LogP contribution in [0.4, 0.5) is 5.82 Å². The molecule has 9 nitrogen and oxygen atoms in total. The van der Waals surface area contributed by atoms with Gasteiger partial charge < -0.3 is 19.4 Å². The van der Waals surface area contributed by atoms with Gasteiger partial charge in [-0.1, -0.05) is 6.08 Å². The Labute approximate surface area is 178 Å². The first-order valence-corrected chi connectivity index (χ1v) is 10.1. The molecule has 3 aromatic heterocycles. The summed E-state index contributed by atoms with van der Waals surface area (Å²) < 4.78 is 1.50. The number of allylic oxidation sites excluding steroid dienone is 1. The number of fused-ring (bicyclic) bond motifs is 2. The van der Waals surface area contributed by atoms with Gasteiger partial charge in [0, 0.05) is 68.5 Å². The van der Waals surface area contributed by atoms with Gasteiger partial charge in [0.2, 0.25) is 5.82 Å². The van der Waals surface area contributed by atoms with Gasteiger partial charge in [-0.25, -0.2) is 9.97 Å². The SMILES string of the molecule is C=CCn1cc(C(=O)N(C)C2[C@H]3CN(c4ccnc(C#N)n4)C[C@@H]23)c2cc[nH]c2c1=O. The number of hydrogen-bond acceptors (Lipinski definition) is 6.